The van der Waals surface area contributed by atoms with Crippen LogP contribution in [0.3, 0.4) is 0 Å². The average Bonchev–Trinajstić information content (AvgIpc) is 3.13. The fourth-order valence-electron chi connectivity index (χ4n) is 1.40. The lowest BCUT2D eigenvalue weighted by Crippen LogP contribution is -2.11. The fraction of sp³-hybridized carbons (Fsp3) is 0.700. The van der Waals surface area contributed by atoms with Gasteiger partial charge < -0.3 is 10.6 Å². The molecule has 16 heavy (non-hydrogen) atoms. The average molecular weight is 237 g/mol. The molecule has 5 nitrogen and oxygen atoms in total. The number of rotatable bonds is 5. The third-order valence-electron chi connectivity index (χ3n) is 2.62. The molecule has 0 aliphatic heterocycles. The van der Waals surface area contributed by atoms with Crippen LogP contribution < -0.4 is 10.6 Å². The molecule has 2 N–H and O–H groups in total. The van der Waals surface area contributed by atoms with Gasteiger partial charge in [0.05, 0.1) is 0 Å². The summed E-state index contributed by atoms with van der Waals surface area (Å²) in [6.45, 7) is 0. The third kappa shape index (κ3) is 2.55. The van der Waals surface area contributed by atoms with Gasteiger partial charge in [0.1, 0.15) is 0 Å². The van der Waals surface area contributed by atoms with Crippen molar-refractivity contribution in [2.24, 2.45) is 0 Å². The largest absolute Gasteiger partial charge is 0.351 e. The van der Waals surface area contributed by atoms with Crippen LogP contribution in [-0.4, -0.2) is 33.3 Å². The summed E-state index contributed by atoms with van der Waals surface area (Å²) in [6, 6.07) is 1.15. The second-order valence-electron chi connectivity index (χ2n) is 4.31. The van der Waals surface area contributed by atoms with Crippen molar-refractivity contribution in [2.75, 3.05) is 16.9 Å². The van der Waals surface area contributed by atoms with Crippen LogP contribution in [0.4, 0.5) is 11.9 Å². The molecule has 1 aromatic rings. The molecule has 0 unspecified atom stereocenters. The minimum atomic E-state index is 0.575. The third-order valence-corrected chi connectivity index (χ3v) is 3.17. The van der Waals surface area contributed by atoms with Crippen LogP contribution in [0, 0.1) is 0 Å². The van der Waals surface area contributed by atoms with Crippen LogP contribution in [-0.2, 0) is 0 Å². The van der Waals surface area contributed by atoms with Gasteiger partial charge in [-0.1, -0.05) is 11.8 Å². The molecule has 0 amide bonds. The first-order valence-electron chi connectivity index (χ1n) is 5.66. The highest BCUT2D eigenvalue weighted by molar-refractivity contribution is 7.98. The number of nitrogens with zero attached hydrogens (tertiary/aromatic N) is 3. The van der Waals surface area contributed by atoms with E-state index in [-0.39, 0.29) is 0 Å². The first-order valence-corrected chi connectivity index (χ1v) is 6.89. The summed E-state index contributed by atoms with van der Waals surface area (Å²) in [5.41, 5.74) is 0. The summed E-state index contributed by atoms with van der Waals surface area (Å²) in [4.78, 5) is 13.1. The second kappa shape index (κ2) is 4.08. The zero-order valence-electron chi connectivity index (χ0n) is 9.23. The molecule has 86 valence electrons. The first kappa shape index (κ1) is 10.1. The van der Waals surface area contributed by atoms with Crippen LogP contribution >= 0.6 is 11.8 Å². The normalized spacial score (nSPS) is 19.6. The van der Waals surface area contributed by atoms with E-state index in [1.165, 1.54) is 25.7 Å². The molecule has 3 rings (SSSR count). The van der Waals surface area contributed by atoms with Crippen LogP contribution in [0.5, 0.6) is 0 Å². The van der Waals surface area contributed by atoms with E-state index in [0.717, 1.165) is 5.16 Å². The number of anilines is 2. The Morgan fingerprint density at radius 3 is 1.81 bits per heavy atom. The molecule has 2 aliphatic rings. The first-order chi connectivity index (χ1) is 7.83. The van der Waals surface area contributed by atoms with Gasteiger partial charge in [0.25, 0.3) is 0 Å². The van der Waals surface area contributed by atoms with Gasteiger partial charge in [0.2, 0.25) is 11.9 Å². The van der Waals surface area contributed by atoms with Crippen LogP contribution in [0.2, 0.25) is 0 Å². The van der Waals surface area contributed by atoms with Gasteiger partial charge in [-0.05, 0) is 31.9 Å². The van der Waals surface area contributed by atoms with Gasteiger partial charge >= 0.3 is 0 Å². The van der Waals surface area contributed by atoms with Crippen molar-refractivity contribution in [3.05, 3.63) is 0 Å². The van der Waals surface area contributed by atoms with Crippen LogP contribution in [0.15, 0.2) is 5.16 Å². The number of aromatic nitrogens is 3. The Kier molecular flexibility index (Phi) is 2.59. The Hall–Kier alpha value is -1.04. The molecular weight excluding hydrogens is 222 g/mol. The standard InChI is InChI=1S/C10H15N5S/c1-16-10-14-8(11-6-2-3-6)13-9(15-10)12-7-4-5-7/h6-7H,2-5H2,1H3,(H2,11,12,13,14,15). The van der Waals surface area contributed by atoms with Crippen LogP contribution in [0.1, 0.15) is 25.7 Å². The van der Waals surface area contributed by atoms with Gasteiger partial charge in [-0.15, -0.1) is 0 Å². The summed E-state index contributed by atoms with van der Waals surface area (Å²) >= 11 is 1.55. The van der Waals surface area contributed by atoms with Crippen molar-refractivity contribution in [2.45, 2.75) is 42.9 Å². The Morgan fingerprint density at radius 1 is 0.938 bits per heavy atom. The van der Waals surface area contributed by atoms with Crippen molar-refractivity contribution >= 4 is 23.7 Å². The van der Waals surface area contributed by atoms with E-state index in [1.54, 1.807) is 11.8 Å². The Morgan fingerprint density at radius 2 is 1.44 bits per heavy atom. The predicted octanol–water partition coefficient (Wildman–Crippen LogP) is 1.74. The number of hydrogen-bond donors (Lipinski definition) is 2. The lowest BCUT2D eigenvalue weighted by atomic mass is 10.6. The monoisotopic (exact) mass is 237 g/mol. The zero-order chi connectivity index (χ0) is 11.0. The minimum Gasteiger partial charge on any atom is -0.351 e. The SMILES string of the molecule is CSc1nc(NC2CC2)nc(NC2CC2)n1. The molecule has 0 aromatic carbocycles. The summed E-state index contributed by atoms with van der Waals surface area (Å²) in [5, 5.41) is 7.40. The quantitative estimate of drug-likeness (QED) is 0.761. The summed E-state index contributed by atoms with van der Waals surface area (Å²) in [7, 11) is 0. The van der Waals surface area contributed by atoms with E-state index >= 15 is 0 Å². The topological polar surface area (TPSA) is 62.7 Å². The van der Waals surface area contributed by atoms with E-state index in [9.17, 15) is 0 Å². The maximum absolute atomic E-state index is 4.38. The maximum atomic E-state index is 4.38. The van der Waals surface area contributed by atoms with Crippen molar-refractivity contribution < 1.29 is 0 Å². The Bertz CT molecular complexity index is 357. The molecule has 0 saturated heterocycles. The summed E-state index contributed by atoms with van der Waals surface area (Å²) < 4.78 is 0. The van der Waals surface area contributed by atoms with E-state index in [0.29, 0.717) is 24.0 Å². The molecule has 0 atom stereocenters. The van der Waals surface area contributed by atoms with Gasteiger partial charge in [0, 0.05) is 12.1 Å². The van der Waals surface area contributed by atoms with E-state index in [2.05, 4.69) is 25.6 Å². The van der Waals surface area contributed by atoms with Gasteiger partial charge in [0.15, 0.2) is 5.16 Å². The molecule has 2 fully saturated rings. The number of hydrogen-bond acceptors (Lipinski definition) is 6. The van der Waals surface area contributed by atoms with Crippen molar-refractivity contribution in [1.29, 1.82) is 0 Å². The highest BCUT2D eigenvalue weighted by Crippen LogP contribution is 2.26. The van der Waals surface area contributed by atoms with Gasteiger partial charge in [-0.2, -0.15) is 15.0 Å². The van der Waals surface area contributed by atoms with E-state index in [1.807, 2.05) is 6.26 Å². The lowest BCUT2D eigenvalue weighted by Gasteiger charge is -2.07. The Balaban J connectivity index is 1.78. The molecule has 0 radical (unpaired) electrons. The van der Waals surface area contributed by atoms with Crippen molar-refractivity contribution in [3.8, 4) is 0 Å². The summed E-state index contributed by atoms with van der Waals surface area (Å²) in [6.07, 6.45) is 6.89. The zero-order valence-corrected chi connectivity index (χ0v) is 10.0. The van der Waals surface area contributed by atoms with Crippen LogP contribution in [0.25, 0.3) is 0 Å². The second-order valence-corrected chi connectivity index (χ2v) is 5.08. The van der Waals surface area contributed by atoms with Gasteiger partial charge in [-0.3, -0.25) is 0 Å². The van der Waals surface area contributed by atoms with Crippen molar-refractivity contribution in [1.82, 2.24) is 15.0 Å². The molecule has 1 aromatic heterocycles. The summed E-state index contributed by atoms with van der Waals surface area (Å²) in [5.74, 6) is 1.43. The highest BCUT2D eigenvalue weighted by atomic mass is 32.2. The molecule has 1 heterocycles. The van der Waals surface area contributed by atoms with E-state index < -0.39 is 0 Å². The molecule has 6 heteroatoms. The van der Waals surface area contributed by atoms with Gasteiger partial charge in [-0.25, -0.2) is 0 Å². The molecule has 2 aliphatic carbocycles. The molecule has 0 spiro atoms. The Labute approximate surface area is 98.9 Å². The van der Waals surface area contributed by atoms with Crippen molar-refractivity contribution in [3.63, 3.8) is 0 Å². The maximum Gasteiger partial charge on any atom is 0.228 e. The fourth-order valence-corrected chi connectivity index (χ4v) is 1.75. The predicted molar refractivity (Wildman–Crippen MR) is 64.9 cm³/mol. The minimum absolute atomic E-state index is 0.575. The smallest absolute Gasteiger partial charge is 0.228 e. The molecular formula is C10H15N5S. The highest BCUT2D eigenvalue weighted by Gasteiger charge is 2.24. The lowest BCUT2D eigenvalue weighted by molar-refractivity contribution is 0.885. The van der Waals surface area contributed by atoms with E-state index in [4.69, 9.17) is 0 Å². The molecule has 0 bridgehead atoms. The number of thioether (sulfide) groups is 1. The number of nitrogens with one attached hydrogen (secondary N) is 2. The molecule has 2 saturated carbocycles.